The summed E-state index contributed by atoms with van der Waals surface area (Å²) >= 11 is 0. The molecule has 88 valence electrons. The summed E-state index contributed by atoms with van der Waals surface area (Å²) in [5.41, 5.74) is 1.58. The minimum atomic E-state index is -0.433. The molecule has 0 heterocycles. The van der Waals surface area contributed by atoms with Gasteiger partial charge in [-0.3, -0.25) is 0 Å². The Labute approximate surface area is 95.7 Å². The Bertz CT molecular complexity index is 386. The summed E-state index contributed by atoms with van der Waals surface area (Å²) < 4.78 is 13.1. The molecule has 0 bridgehead atoms. The third-order valence-electron chi connectivity index (χ3n) is 3.22. The molecule has 1 aromatic rings. The van der Waals surface area contributed by atoms with Gasteiger partial charge < -0.3 is 10.0 Å². The van der Waals surface area contributed by atoms with Gasteiger partial charge in [-0.25, -0.2) is 4.39 Å². The number of aliphatic hydroxyl groups is 1. The van der Waals surface area contributed by atoms with Crippen LogP contribution in [-0.2, 0) is 6.42 Å². The van der Waals surface area contributed by atoms with Crippen molar-refractivity contribution >= 4 is 5.69 Å². The molecule has 2 nitrogen and oxygen atoms in total. The molecule has 1 saturated carbocycles. The number of hydrogen-bond donors (Lipinski definition) is 1. The van der Waals surface area contributed by atoms with E-state index in [2.05, 4.69) is 0 Å². The Hall–Kier alpha value is -1.09. The van der Waals surface area contributed by atoms with Crippen LogP contribution in [0.15, 0.2) is 18.2 Å². The predicted molar refractivity (Wildman–Crippen MR) is 63.2 cm³/mol. The number of anilines is 1. The standard InChI is InChI=1S/C13H18FNO/c1-15(2)12-9-11(14)4-3-10(12)5-6-13(16)7-8-13/h3-4,9,16H,5-8H2,1-2H3. The molecule has 1 fully saturated rings. The summed E-state index contributed by atoms with van der Waals surface area (Å²) in [5, 5.41) is 9.79. The lowest BCUT2D eigenvalue weighted by atomic mass is 10.0. The van der Waals surface area contributed by atoms with Gasteiger partial charge in [-0.2, -0.15) is 0 Å². The van der Waals surface area contributed by atoms with Gasteiger partial charge in [0.15, 0.2) is 0 Å². The molecule has 3 heteroatoms. The number of benzene rings is 1. The molecule has 0 spiro atoms. The molecule has 1 aliphatic carbocycles. The highest BCUT2D eigenvalue weighted by atomic mass is 19.1. The van der Waals surface area contributed by atoms with E-state index >= 15 is 0 Å². The maximum absolute atomic E-state index is 13.1. The van der Waals surface area contributed by atoms with Crippen molar-refractivity contribution in [1.29, 1.82) is 0 Å². The second kappa shape index (κ2) is 4.06. The molecule has 1 aromatic carbocycles. The van der Waals surface area contributed by atoms with Gasteiger partial charge in [0.25, 0.3) is 0 Å². The van der Waals surface area contributed by atoms with Crippen molar-refractivity contribution in [3.05, 3.63) is 29.6 Å². The number of hydrogen-bond acceptors (Lipinski definition) is 2. The van der Waals surface area contributed by atoms with Gasteiger partial charge in [0.2, 0.25) is 0 Å². The number of halogens is 1. The van der Waals surface area contributed by atoms with E-state index in [0.717, 1.165) is 36.9 Å². The van der Waals surface area contributed by atoms with Gasteiger partial charge in [0, 0.05) is 19.8 Å². The van der Waals surface area contributed by atoms with Crippen LogP contribution in [0.5, 0.6) is 0 Å². The molecule has 0 unspecified atom stereocenters. The van der Waals surface area contributed by atoms with Crippen molar-refractivity contribution < 1.29 is 9.50 Å². The van der Waals surface area contributed by atoms with Gasteiger partial charge in [0.1, 0.15) is 5.82 Å². The first-order valence-corrected chi connectivity index (χ1v) is 5.68. The quantitative estimate of drug-likeness (QED) is 0.847. The number of aryl methyl sites for hydroxylation is 1. The zero-order chi connectivity index (χ0) is 11.8. The van der Waals surface area contributed by atoms with Gasteiger partial charge >= 0.3 is 0 Å². The van der Waals surface area contributed by atoms with Crippen LogP contribution in [0.25, 0.3) is 0 Å². The maximum Gasteiger partial charge on any atom is 0.125 e. The fourth-order valence-electron chi connectivity index (χ4n) is 1.93. The predicted octanol–water partition coefficient (Wildman–Crippen LogP) is 2.35. The zero-order valence-corrected chi connectivity index (χ0v) is 9.83. The Balaban J connectivity index is 2.12. The van der Waals surface area contributed by atoms with Gasteiger partial charge in [0.05, 0.1) is 5.60 Å². The van der Waals surface area contributed by atoms with Gasteiger partial charge in [-0.1, -0.05) is 6.07 Å². The van der Waals surface area contributed by atoms with Crippen molar-refractivity contribution in [2.75, 3.05) is 19.0 Å². The molecule has 0 atom stereocenters. The monoisotopic (exact) mass is 223 g/mol. The first-order chi connectivity index (χ1) is 7.50. The fourth-order valence-corrected chi connectivity index (χ4v) is 1.93. The van der Waals surface area contributed by atoms with E-state index in [1.165, 1.54) is 6.07 Å². The van der Waals surface area contributed by atoms with Crippen molar-refractivity contribution in [1.82, 2.24) is 0 Å². The SMILES string of the molecule is CN(C)c1cc(F)ccc1CCC1(O)CC1. The van der Waals surface area contributed by atoms with Crippen molar-refractivity contribution in [3.8, 4) is 0 Å². The molecular weight excluding hydrogens is 205 g/mol. The number of nitrogens with zero attached hydrogens (tertiary/aromatic N) is 1. The summed E-state index contributed by atoms with van der Waals surface area (Å²) in [7, 11) is 3.81. The van der Waals surface area contributed by atoms with Crippen LogP contribution in [0.4, 0.5) is 10.1 Å². The Kier molecular flexibility index (Phi) is 2.89. The molecule has 16 heavy (non-hydrogen) atoms. The third kappa shape index (κ3) is 2.53. The lowest BCUT2D eigenvalue weighted by Gasteiger charge is -2.18. The molecule has 0 saturated heterocycles. The Morgan fingerprint density at radius 2 is 2.06 bits per heavy atom. The van der Waals surface area contributed by atoms with Crippen LogP contribution < -0.4 is 4.90 Å². The van der Waals surface area contributed by atoms with Crippen LogP contribution in [-0.4, -0.2) is 24.8 Å². The van der Waals surface area contributed by atoms with Crippen molar-refractivity contribution in [3.63, 3.8) is 0 Å². The van der Waals surface area contributed by atoms with E-state index in [1.54, 1.807) is 6.07 Å². The van der Waals surface area contributed by atoms with Crippen LogP contribution in [0.1, 0.15) is 24.8 Å². The highest BCUT2D eigenvalue weighted by molar-refractivity contribution is 5.52. The van der Waals surface area contributed by atoms with Crippen molar-refractivity contribution in [2.45, 2.75) is 31.3 Å². The first kappa shape index (κ1) is 11.4. The first-order valence-electron chi connectivity index (χ1n) is 5.68. The summed E-state index contributed by atoms with van der Waals surface area (Å²) in [4.78, 5) is 1.91. The van der Waals surface area contributed by atoms with E-state index in [9.17, 15) is 9.50 Å². The van der Waals surface area contributed by atoms with Crippen LogP contribution in [0, 0.1) is 5.82 Å². The third-order valence-corrected chi connectivity index (χ3v) is 3.22. The van der Waals surface area contributed by atoms with E-state index in [0.29, 0.717) is 0 Å². The van der Waals surface area contributed by atoms with Crippen molar-refractivity contribution in [2.24, 2.45) is 0 Å². The minimum Gasteiger partial charge on any atom is -0.390 e. The molecule has 0 aromatic heterocycles. The van der Waals surface area contributed by atoms with Crippen LogP contribution in [0.2, 0.25) is 0 Å². The van der Waals surface area contributed by atoms with E-state index < -0.39 is 5.60 Å². The summed E-state index contributed by atoms with van der Waals surface area (Å²) in [6.07, 6.45) is 3.40. The smallest absolute Gasteiger partial charge is 0.125 e. The highest BCUT2D eigenvalue weighted by Gasteiger charge is 2.39. The highest BCUT2D eigenvalue weighted by Crippen LogP contribution is 2.39. The maximum atomic E-state index is 13.1. The van der Waals surface area contributed by atoms with Gasteiger partial charge in [-0.15, -0.1) is 0 Å². The molecule has 1 N–H and O–H groups in total. The summed E-state index contributed by atoms with van der Waals surface area (Å²) in [5.74, 6) is -0.211. The second-order valence-electron chi connectivity index (χ2n) is 4.89. The molecule has 1 aliphatic rings. The lowest BCUT2D eigenvalue weighted by Crippen LogP contribution is -2.14. The molecule has 0 aliphatic heterocycles. The molecular formula is C13H18FNO. The summed E-state index contributed by atoms with van der Waals surface area (Å²) in [6.45, 7) is 0. The minimum absolute atomic E-state index is 0.211. The number of rotatable bonds is 4. The summed E-state index contributed by atoms with van der Waals surface area (Å²) in [6, 6.07) is 4.85. The van der Waals surface area contributed by atoms with E-state index in [4.69, 9.17) is 0 Å². The zero-order valence-electron chi connectivity index (χ0n) is 9.83. The lowest BCUT2D eigenvalue weighted by molar-refractivity contribution is 0.140. The largest absolute Gasteiger partial charge is 0.390 e. The Morgan fingerprint density at radius 3 is 2.62 bits per heavy atom. The molecule has 0 radical (unpaired) electrons. The van der Waals surface area contributed by atoms with E-state index in [-0.39, 0.29) is 5.82 Å². The Morgan fingerprint density at radius 1 is 1.38 bits per heavy atom. The fraction of sp³-hybridized carbons (Fsp3) is 0.538. The normalized spacial score (nSPS) is 17.2. The molecule has 0 amide bonds. The van der Waals surface area contributed by atoms with Gasteiger partial charge in [-0.05, 0) is 43.4 Å². The van der Waals surface area contributed by atoms with Crippen LogP contribution >= 0.6 is 0 Å². The average molecular weight is 223 g/mol. The van der Waals surface area contributed by atoms with E-state index in [1.807, 2.05) is 25.1 Å². The van der Waals surface area contributed by atoms with Crippen LogP contribution in [0.3, 0.4) is 0 Å². The average Bonchev–Trinajstić information content (AvgIpc) is 2.95. The second-order valence-corrected chi connectivity index (χ2v) is 4.89. The topological polar surface area (TPSA) is 23.5 Å². The molecule has 2 rings (SSSR count).